The lowest BCUT2D eigenvalue weighted by atomic mass is 10.2. The van der Waals surface area contributed by atoms with Crippen molar-refractivity contribution < 1.29 is 9.47 Å². The summed E-state index contributed by atoms with van der Waals surface area (Å²) in [5.74, 6) is 1.38. The molecule has 1 rings (SSSR count). The summed E-state index contributed by atoms with van der Waals surface area (Å²) >= 11 is 5.75. The topological polar surface area (TPSA) is 68.3 Å². The van der Waals surface area contributed by atoms with Crippen LogP contribution >= 0.6 is 11.6 Å². The van der Waals surface area contributed by atoms with Gasteiger partial charge in [0.1, 0.15) is 5.82 Å². The molecule has 0 saturated carbocycles. The van der Waals surface area contributed by atoms with Crippen LogP contribution in [0.25, 0.3) is 0 Å². The maximum atomic E-state index is 5.75. The maximum Gasteiger partial charge on any atom is 0.224 e. The molecule has 0 aliphatic heterocycles. The average Bonchev–Trinajstić information content (AvgIpc) is 2.50. The predicted octanol–water partition coefficient (Wildman–Crippen LogP) is 2.34. The van der Waals surface area contributed by atoms with Crippen LogP contribution in [0.15, 0.2) is 30.8 Å². The molecule has 0 amide bonds. The van der Waals surface area contributed by atoms with Gasteiger partial charge in [0.2, 0.25) is 5.28 Å². The number of methoxy groups -OCH3 is 2. The molecule has 2 N–H and O–H groups in total. The molecule has 116 valence electrons. The summed E-state index contributed by atoms with van der Waals surface area (Å²) in [6, 6.07) is 0. The minimum Gasteiger partial charge on any atom is -0.502 e. The van der Waals surface area contributed by atoms with Gasteiger partial charge in [-0.15, -0.1) is 0 Å². The lowest BCUT2D eigenvalue weighted by molar-refractivity contribution is 0.123. The van der Waals surface area contributed by atoms with Gasteiger partial charge in [-0.25, -0.2) is 9.97 Å². The smallest absolute Gasteiger partial charge is 0.224 e. The van der Waals surface area contributed by atoms with E-state index in [1.807, 2.05) is 12.3 Å². The Labute approximate surface area is 130 Å². The van der Waals surface area contributed by atoms with Gasteiger partial charge in [0.15, 0.2) is 0 Å². The summed E-state index contributed by atoms with van der Waals surface area (Å²) in [6.45, 7) is 4.35. The molecule has 1 aromatic rings. The van der Waals surface area contributed by atoms with E-state index in [1.54, 1.807) is 27.5 Å². The zero-order valence-electron chi connectivity index (χ0n) is 12.5. The van der Waals surface area contributed by atoms with E-state index >= 15 is 0 Å². The summed E-state index contributed by atoms with van der Waals surface area (Å²) in [6.07, 6.45) is 5.93. The van der Waals surface area contributed by atoms with Crippen LogP contribution in [0, 0.1) is 0 Å². The molecule has 1 atom stereocenters. The van der Waals surface area contributed by atoms with Gasteiger partial charge in [-0.3, -0.25) is 0 Å². The first-order chi connectivity index (χ1) is 10.1. The molecule has 0 aromatic carbocycles. The quantitative estimate of drug-likeness (QED) is 0.539. The van der Waals surface area contributed by atoms with E-state index in [1.165, 1.54) is 0 Å². The van der Waals surface area contributed by atoms with Crippen LogP contribution < -0.4 is 10.6 Å². The number of aromatic nitrogens is 2. The molecular weight excluding hydrogens is 292 g/mol. The van der Waals surface area contributed by atoms with E-state index in [0.717, 1.165) is 5.56 Å². The minimum atomic E-state index is -0.0878. The van der Waals surface area contributed by atoms with Crippen molar-refractivity contribution in [3.05, 3.63) is 41.7 Å². The van der Waals surface area contributed by atoms with Crippen LogP contribution in [-0.2, 0) is 16.0 Å². The summed E-state index contributed by atoms with van der Waals surface area (Å²) in [4.78, 5) is 8.06. The first-order valence-corrected chi connectivity index (χ1v) is 6.82. The Hall–Kier alpha value is -1.79. The summed E-state index contributed by atoms with van der Waals surface area (Å²) in [7, 11) is 5.02. The van der Waals surface area contributed by atoms with Gasteiger partial charge in [-0.05, 0) is 23.9 Å². The van der Waals surface area contributed by atoms with E-state index in [4.69, 9.17) is 21.1 Å². The number of hydrogen-bond acceptors (Lipinski definition) is 6. The molecule has 7 heteroatoms. The molecule has 0 spiro atoms. The second-order valence-corrected chi connectivity index (χ2v) is 4.56. The second kappa shape index (κ2) is 9.20. The lowest BCUT2D eigenvalue weighted by Gasteiger charge is -2.12. The van der Waals surface area contributed by atoms with Crippen LogP contribution in [0.5, 0.6) is 0 Å². The van der Waals surface area contributed by atoms with Gasteiger partial charge in [-0.1, -0.05) is 6.58 Å². The molecule has 0 aliphatic carbocycles. The van der Waals surface area contributed by atoms with Gasteiger partial charge in [0, 0.05) is 38.9 Å². The summed E-state index contributed by atoms with van der Waals surface area (Å²) < 4.78 is 10.3. The Kier molecular flexibility index (Phi) is 7.56. The molecule has 1 aromatic heterocycles. The lowest BCUT2D eigenvalue weighted by Crippen LogP contribution is -2.13. The highest BCUT2D eigenvalue weighted by atomic mass is 35.5. The Balaban J connectivity index is 2.52. The first-order valence-electron chi connectivity index (χ1n) is 6.44. The van der Waals surface area contributed by atoms with Crippen molar-refractivity contribution in [1.29, 1.82) is 0 Å². The Morgan fingerprint density at radius 3 is 2.90 bits per heavy atom. The van der Waals surface area contributed by atoms with Crippen molar-refractivity contribution in [2.24, 2.45) is 0 Å². The number of rotatable bonds is 9. The fraction of sp³-hybridized carbons (Fsp3) is 0.429. The fourth-order valence-electron chi connectivity index (χ4n) is 1.61. The van der Waals surface area contributed by atoms with Crippen LogP contribution in [0.1, 0.15) is 12.0 Å². The molecule has 21 heavy (non-hydrogen) atoms. The Morgan fingerprint density at radius 1 is 1.52 bits per heavy atom. The van der Waals surface area contributed by atoms with Gasteiger partial charge in [0.05, 0.1) is 19.0 Å². The maximum absolute atomic E-state index is 5.75. The summed E-state index contributed by atoms with van der Waals surface area (Å²) in [5.41, 5.74) is 0.918. The normalized spacial score (nSPS) is 12.2. The monoisotopic (exact) mass is 312 g/mol. The largest absolute Gasteiger partial charge is 0.502 e. The van der Waals surface area contributed by atoms with E-state index in [2.05, 4.69) is 27.2 Å². The van der Waals surface area contributed by atoms with E-state index < -0.39 is 0 Å². The van der Waals surface area contributed by atoms with Gasteiger partial charge in [0.25, 0.3) is 0 Å². The van der Waals surface area contributed by atoms with Crippen LogP contribution in [0.2, 0.25) is 5.28 Å². The van der Waals surface area contributed by atoms with Crippen molar-refractivity contribution in [1.82, 2.24) is 15.3 Å². The van der Waals surface area contributed by atoms with Crippen LogP contribution in [-0.4, -0.2) is 37.3 Å². The molecule has 0 radical (unpaired) electrons. The number of anilines is 1. The molecule has 0 bridgehead atoms. The predicted molar refractivity (Wildman–Crippen MR) is 84.1 cm³/mol. The van der Waals surface area contributed by atoms with Crippen molar-refractivity contribution in [3.8, 4) is 0 Å². The SMILES string of the molecule is C=C(CC(/C=C/NCc1cnc(Cl)nc1NC)OC)OC. The highest BCUT2D eigenvalue weighted by Gasteiger charge is 2.06. The number of nitrogens with zero attached hydrogens (tertiary/aromatic N) is 2. The third kappa shape index (κ3) is 6.01. The molecular formula is C14H21ClN4O2. The number of hydrogen-bond donors (Lipinski definition) is 2. The van der Waals surface area contributed by atoms with Crippen molar-refractivity contribution in [2.75, 3.05) is 26.6 Å². The Morgan fingerprint density at radius 2 is 2.29 bits per heavy atom. The molecule has 6 nitrogen and oxygen atoms in total. The van der Waals surface area contributed by atoms with Gasteiger partial charge >= 0.3 is 0 Å². The molecule has 0 aliphatic rings. The third-order valence-corrected chi connectivity index (χ3v) is 3.00. The van der Waals surface area contributed by atoms with Crippen LogP contribution in [0.3, 0.4) is 0 Å². The molecule has 1 unspecified atom stereocenters. The van der Waals surface area contributed by atoms with Crippen molar-refractivity contribution >= 4 is 17.4 Å². The van der Waals surface area contributed by atoms with E-state index in [0.29, 0.717) is 24.5 Å². The molecule has 1 heterocycles. The number of halogens is 1. The van der Waals surface area contributed by atoms with Gasteiger partial charge in [-0.2, -0.15) is 0 Å². The van der Waals surface area contributed by atoms with Crippen LogP contribution in [0.4, 0.5) is 5.82 Å². The van der Waals surface area contributed by atoms with E-state index in [9.17, 15) is 0 Å². The van der Waals surface area contributed by atoms with E-state index in [-0.39, 0.29) is 11.4 Å². The zero-order chi connectivity index (χ0) is 15.7. The van der Waals surface area contributed by atoms with Crippen molar-refractivity contribution in [2.45, 2.75) is 19.1 Å². The minimum absolute atomic E-state index is 0.0878. The number of ether oxygens (including phenoxy) is 2. The second-order valence-electron chi connectivity index (χ2n) is 4.22. The highest BCUT2D eigenvalue weighted by Crippen LogP contribution is 2.13. The molecule has 0 fully saturated rings. The standard InChI is InChI=1S/C14H21ClN4O2/c1-10(20-3)7-12(21-4)5-6-17-8-11-9-18-14(15)19-13(11)16-2/h5-6,9,12,17H,1,7-8H2,2-4H3,(H,16,18,19)/b6-5+. The van der Waals surface area contributed by atoms with Gasteiger partial charge < -0.3 is 20.1 Å². The zero-order valence-corrected chi connectivity index (χ0v) is 13.3. The summed E-state index contributed by atoms with van der Waals surface area (Å²) in [5, 5.41) is 6.35. The Bertz CT molecular complexity index is 494. The fourth-order valence-corrected chi connectivity index (χ4v) is 1.75. The highest BCUT2D eigenvalue weighted by molar-refractivity contribution is 6.28. The number of nitrogens with one attached hydrogen (secondary N) is 2. The first kappa shape index (κ1) is 17.3. The third-order valence-electron chi connectivity index (χ3n) is 2.81. The van der Waals surface area contributed by atoms with Crippen molar-refractivity contribution in [3.63, 3.8) is 0 Å². The average molecular weight is 313 g/mol. The molecule has 0 saturated heterocycles.